The number of benzene rings is 1. The highest BCUT2D eigenvalue weighted by Gasteiger charge is 2.54. The van der Waals surface area contributed by atoms with Gasteiger partial charge in [-0.05, 0) is 61.7 Å². The van der Waals surface area contributed by atoms with Crippen molar-refractivity contribution in [2.45, 2.75) is 25.2 Å². The van der Waals surface area contributed by atoms with Crippen LogP contribution in [0.5, 0.6) is 0 Å². The predicted molar refractivity (Wildman–Crippen MR) is 95.5 cm³/mol. The first-order valence-corrected chi connectivity index (χ1v) is 8.42. The molecular weight excluding hydrogens is 338 g/mol. The number of amides is 1. The molecule has 2 aromatic heterocycles. The summed E-state index contributed by atoms with van der Waals surface area (Å²) < 4.78 is 5.45. The van der Waals surface area contributed by atoms with Crippen LogP contribution in [0.3, 0.4) is 0 Å². The third kappa shape index (κ3) is 3.03. The molecule has 0 atom stereocenters. The number of nitrogens with zero attached hydrogens (tertiary/aromatic N) is 2. The van der Waals surface area contributed by atoms with E-state index in [-0.39, 0.29) is 5.91 Å². The predicted octanol–water partition coefficient (Wildman–Crippen LogP) is 4.37. The number of carbonyl (C=O) groups is 1. The SMILES string of the molecule is Cc1ccnc(NC(=O)C2(c3cc(-c4ccc(Cl)cc4)on3)CC2)c1. The molecule has 0 aliphatic heterocycles. The number of aromatic nitrogens is 2. The molecule has 1 N–H and O–H groups in total. The van der Waals surface area contributed by atoms with Crippen molar-refractivity contribution in [2.75, 3.05) is 5.32 Å². The lowest BCUT2D eigenvalue weighted by Gasteiger charge is -2.12. The van der Waals surface area contributed by atoms with Gasteiger partial charge in [0.2, 0.25) is 5.91 Å². The molecule has 3 aromatic rings. The van der Waals surface area contributed by atoms with Gasteiger partial charge in [0.05, 0.1) is 11.1 Å². The second kappa shape index (κ2) is 6.01. The summed E-state index contributed by atoms with van der Waals surface area (Å²) in [6.07, 6.45) is 3.17. The minimum atomic E-state index is -0.625. The lowest BCUT2D eigenvalue weighted by Crippen LogP contribution is -2.28. The fourth-order valence-electron chi connectivity index (χ4n) is 2.82. The Labute approximate surface area is 150 Å². The first-order chi connectivity index (χ1) is 12.1. The van der Waals surface area contributed by atoms with E-state index in [1.165, 1.54) is 0 Å². The number of hydrogen-bond donors (Lipinski definition) is 1. The first kappa shape index (κ1) is 15.8. The summed E-state index contributed by atoms with van der Waals surface area (Å²) in [4.78, 5) is 16.9. The highest BCUT2D eigenvalue weighted by Crippen LogP contribution is 2.49. The monoisotopic (exact) mass is 353 g/mol. The van der Waals surface area contributed by atoms with E-state index in [1.807, 2.05) is 37.3 Å². The van der Waals surface area contributed by atoms with Crippen LogP contribution < -0.4 is 5.32 Å². The summed E-state index contributed by atoms with van der Waals surface area (Å²) in [5.74, 6) is 1.08. The summed E-state index contributed by atoms with van der Waals surface area (Å²) in [7, 11) is 0. The van der Waals surface area contributed by atoms with Gasteiger partial charge in [0.25, 0.3) is 0 Å². The van der Waals surface area contributed by atoms with Gasteiger partial charge in [0.1, 0.15) is 5.82 Å². The summed E-state index contributed by atoms with van der Waals surface area (Å²) in [6.45, 7) is 1.96. The van der Waals surface area contributed by atoms with E-state index in [0.29, 0.717) is 22.3 Å². The van der Waals surface area contributed by atoms with Crippen LogP contribution in [0.15, 0.2) is 53.2 Å². The van der Waals surface area contributed by atoms with Crippen molar-refractivity contribution in [3.63, 3.8) is 0 Å². The Hall–Kier alpha value is -2.66. The zero-order valence-electron chi connectivity index (χ0n) is 13.6. The topological polar surface area (TPSA) is 68.0 Å². The molecular formula is C19H16ClN3O2. The van der Waals surface area contributed by atoms with Crippen LogP contribution in [0.2, 0.25) is 5.02 Å². The van der Waals surface area contributed by atoms with Crippen molar-refractivity contribution in [3.05, 3.63) is 64.9 Å². The Balaban J connectivity index is 1.57. The highest BCUT2D eigenvalue weighted by molar-refractivity contribution is 6.30. The first-order valence-electron chi connectivity index (χ1n) is 8.04. The van der Waals surface area contributed by atoms with Crippen LogP contribution in [0.4, 0.5) is 5.82 Å². The lowest BCUT2D eigenvalue weighted by atomic mass is 10.0. The maximum Gasteiger partial charge on any atom is 0.237 e. The van der Waals surface area contributed by atoms with E-state index in [1.54, 1.807) is 18.3 Å². The van der Waals surface area contributed by atoms with Crippen LogP contribution >= 0.6 is 11.6 Å². The number of carbonyl (C=O) groups excluding carboxylic acids is 1. The third-order valence-corrected chi connectivity index (χ3v) is 4.72. The molecule has 1 amide bonds. The molecule has 1 aliphatic carbocycles. The molecule has 6 heteroatoms. The van der Waals surface area contributed by atoms with Crippen molar-refractivity contribution in [1.82, 2.24) is 10.1 Å². The summed E-state index contributed by atoms with van der Waals surface area (Å²) in [5, 5.41) is 7.69. The van der Waals surface area contributed by atoms with Gasteiger partial charge in [-0.2, -0.15) is 0 Å². The second-order valence-corrected chi connectivity index (χ2v) is 6.77. The van der Waals surface area contributed by atoms with Crippen molar-refractivity contribution >= 4 is 23.3 Å². The largest absolute Gasteiger partial charge is 0.356 e. The molecule has 0 unspecified atom stereocenters. The summed E-state index contributed by atoms with van der Waals surface area (Å²) in [6, 6.07) is 12.9. The summed E-state index contributed by atoms with van der Waals surface area (Å²) >= 11 is 5.91. The molecule has 1 fully saturated rings. The minimum Gasteiger partial charge on any atom is -0.356 e. The number of hydrogen-bond acceptors (Lipinski definition) is 4. The fourth-order valence-corrected chi connectivity index (χ4v) is 2.94. The Morgan fingerprint density at radius 2 is 1.96 bits per heavy atom. The van der Waals surface area contributed by atoms with Crippen LogP contribution in [0.25, 0.3) is 11.3 Å². The number of rotatable bonds is 4. The number of aryl methyl sites for hydroxylation is 1. The molecule has 126 valence electrons. The average molecular weight is 354 g/mol. The maximum absolute atomic E-state index is 12.7. The standard InChI is InChI=1S/C19H16ClN3O2/c1-12-6-9-21-17(10-12)22-18(24)19(7-8-19)16-11-15(25-23-16)13-2-4-14(20)5-3-13/h2-6,9-11H,7-8H2,1H3,(H,21,22,24). The van der Waals surface area contributed by atoms with E-state index in [9.17, 15) is 4.79 Å². The molecule has 0 bridgehead atoms. The molecule has 1 aliphatic rings. The van der Waals surface area contributed by atoms with Gasteiger partial charge in [-0.15, -0.1) is 0 Å². The maximum atomic E-state index is 12.7. The van der Waals surface area contributed by atoms with Crippen molar-refractivity contribution in [1.29, 1.82) is 0 Å². The van der Waals surface area contributed by atoms with E-state index < -0.39 is 5.41 Å². The average Bonchev–Trinajstić information content (AvgIpc) is 3.26. The van der Waals surface area contributed by atoms with Gasteiger partial charge < -0.3 is 9.84 Å². The molecule has 0 spiro atoms. The normalized spacial score (nSPS) is 15.0. The fraction of sp³-hybridized carbons (Fsp3) is 0.211. The van der Waals surface area contributed by atoms with Crippen LogP contribution in [-0.2, 0) is 10.2 Å². The molecule has 0 saturated heterocycles. The molecule has 4 rings (SSSR count). The van der Waals surface area contributed by atoms with Crippen molar-refractivity contribution in [2.24, 2.45) is 0 Å². The van der Waals surface area contributed by atoms with Crippen LogP contribution in [0.1, 0.15) is 24.1 Å². The van der Waals surface area contributed by atoms with Gasteiger partial charge in [-0.25, -0.2) is 4.98 Å². The van der Waals surface area contributed by atoms with E-state index in [4.69, 9.17) is 16.1 Å². The number of halogens is 1. The molecule has 1 saturated carbocycles. The van der Waals surface area contributed by atoms with Crippen LogP contribution in [0, 0.1) is 6.92 Å². The van der Waals surface area contributed by atoms with Gasteiger partial charge in [-0.3, -0.25) is 4.79 Å². The quantitative estimate of drug-likeness (QED) is 0.756. The Kier molecular flexibility index (Phi) is 3.81. The van der Waals surface area contributed by atoms with E-state index in [0.717, 1.165) is 24.0 Å². The van der Waals surface area contributed by atoms with Gasteiger partial charge in [0.15, 0.2) is 5.76 Å². The zero-order valence-corrected chi connectivity index (χ0v) is 14.4. The molecule has 25 heavy (non-hydrogen) atoms. The molecule has 5 nitrogen and oxygen atoms in total. The molecule has 2 heterocycles. The second-order valence-electron chi connectivity index (χ2n) is 6.34. The van der Waals surface area contributed by atoms with E-state index >= 15 is 0 Å². The van der Waals surface area contributed by atoms with Gasteiger partial charge in [0, 0.05) is 22.8 Å². The van der Waals surface area contributed by atoms with Gasteiger partial charge in [-0.1, -0.05) is 16.8 Å². The third-order valence-electron chi connectivity index (χ3n) is 4.47. The minimum absolute atomic E-state index is 0.0958. The summed E-state index contributed by atoms with van der Waals surface area (Å²) in [5.41, 5.74) is 1.95. The Morgan fingerprint density at radius 3 is 2.64 bits per heavy atom. The van der Waals surface area contributed by atoms with Crippen molar-refractivity contribution < 1.29 is 9.32 Å². The van der Waals surface area contributed by atoms with Crippen molar-refractivity contribution in [3.8, 4) is 11.3 Å². The Morgan fingerprint density at radius 1 is 1.20 bits per heavy atom. The Bertz CT molecular complexity index is 930. The van der Waals surface area contributed by atoms with Crippen LogP contribution in [-0.4, -0.2) is 16.0 Å². The zero-order chi connectivity index (χ0) is 17.4. The highest BCUT2D eigenvalue weighted by atomic mass is 35.5. The number of anilines is 1. The molecule has 0 radical (unpaired) electrons. The number of pyridine rings is 1. The van der Waals surface area contributed by atoms with E-state index in [2.05, 4.69) is 15.5 Å². The van der Waals surface area contributed by atoms with Gasteiger partial charge >= 0.3 is 0 Å². The lowest BCUT2D eigenvalue weighted by molar-refractivity contribution is -0.118. The molecule has 1 aromatic carbocycles. The smallest absolute Gasteiger partial charge is 0.237 e. The number of nitrogens with one attached hydrogen (secondary N) is 1.